The molecule has 1 aromatic carbocycles. The highest BCUT2D eigenvalue weighted by molar-refractivity contribution is 9.10. The van der Waals surface area contributed by atoms with E-state index in [0.29, 0.717) is 21.3 Å². The maximum Gasteiger partial charge on any atom is 0.269 e. The van der Waals surface area contributed by atoms with Crippen LogP contribution < -0.4 is 5.32 Å². The van der Waals surface area contributed by atoms with Crippen molar-refractivity contribution in [2.24, 2.45) is 0 Å². The topological polar surface area (TPSA) is 54.9 Å². The van der Waals surface area contributed by atoms with E-state index < -0.39 is 0 Å². The van der Waals surface area contributed by atoms with E-state index in [1.54, 1.807) is 12.1 Å². The van der Waals surface area contributed by atoms with Crippen molar-refractivity contribution in [2.75, 3.05) is 5.32 Å². The van der Waals surface area contributed by atoms with Gasteiger partial charge >= 0.3 is 0 Å². The van der Waals surface area contributed by atoms with Gasteiger partial charge in [0.05, 0.1) is 16.4 Å². The van der Waals surface area contributed by atoms with Crippen LogP contribution in [0.1, 0.15) is 36.1 Å². The highest BCUT2D eigenvalue weighted by Gasteiger charge is 2.26. The number of amides is 1. The molecule has 1 heterocycles. The minimum Gasteiger partial charge on any atom is -0.320 e. The lowest BCUT2D eigenvalue weighted by molar-refractivity contribution is 0.102. The summed E-state index contributed by atoms with van der Waals surface area (Å²) in [5.41, 5.74) is 1.01. The molecule has 0 aliphatic rings. The summed E-state index contributed by atoms with van der Waals surface area (Å²) in [4.78, 5) is 12.9. The van der Waals surface area contributed by atoms with E-state index in [4.69, 9.17) is 11.6 Å². The Morgan fingerprint density at radius 2 is 2.10 bits per heavy atom. The molecule has 0 atom stereocenters. The molecule has 0 bridgehead atoms. The van der Waals surface area contributed by atoms with Gasteiger partial charge in [0.25, 0.3) is 5.91 Å². The first kappa shape index (κ1) is 15.4. The zero-order valence-corrected chi connectivity index (χ0v) is 14.4. The fraction of sp³-hybridized carbons (Fsp3) is 0.308. The maximum absolute atomic E-state index is 12.4. The smallest absolute Gasteiger partial charge is 0.269 e. The molecule has 0 fully saturated rings. The Morgan fingerprint density at radius 3 is 2.75 bits per heavy atom. The van der Waals surface area contributed by atoms with Crippen LogP contribution in [0.3, 0.4) is 0 Å². The number of carbonyl (C=O) groups excluding carboxylic acids is 1. The third-order valence-electron chi connectivity index (χ3n) is 2.58. The molecule has 20 heavy (non-hydrogen) atoms. The molecule has 2 rings (SSSR count). The van der Waals surface area contributed by atoms with Gasteiger partial charge < -0.3 is 5.32 Å². The molecule has 1 aromatic heterocycles. The van der Waals surface area contributed by atoms with Gasteiger partial charge in [0.1, 0.15) is 4.88 Å². The number of benzene rings is 1. The van der Waals surface area contributed by atoms with E-state index >= 15 is 0 Å². The summed E-state index contributed by atoms with van der Waals surface area (Å²) in [5, 5.41) is 7.33. The van der Waals surface area contributed by atoms with Gasteiger partial charge in [-0.1, -0.05) is 52.8 Å². The van der Waals surface area contributed by atoms with Gasteiger partial charge in [0.2, 0.25) is 0 Å². The van der Waals surface area contributed by atoms with E-state index in [0.717, 1.165) is 16.0 Å². The number of hydrogen-bond acceptors (Lipinski definition) is 4. The van der Waals surface area contributed by atoms with Gasteiger partial charge in [0.15, 0.2) is 0 Å². The molecule has 0 aliphatic carbocycles. The summed E-state index contributed by atoms with van der Waals surface area (Å²) in [6, 6.07) is 5.29. The number of halogens is 2. The second-order valence-corrected chi connectivity index (χ2v) is 7.36. The molecular formula is C13H13BrClN3OS. The molecule has 0 saturated carbocycles. The SMILES string of the molecule is CC(C)(C)c1nnsc1C(=O)Nc1cc(Br)ccc1Cl. The highest BCUT2D eigenvalue weighted by atomic mass is 79.9. The van der Waals surface area contributed by atoms with Crippen molar-refractivity contribution in [1.29, 1.82) is 0 Å². The number of carbonyl (C=O) groups is 1. The Labute approximate surface area is 134 Å². The quantitative estimate of drug-likeness (QED) is 0.841. The average molecular weight is 375 g/mol. The molecule has 0 aliphatic heterocycles. The van der Waals surface area contributed by atoms with Crippen molar-refractivity contribution in [1.82, 2.24) is 9.59 Å². The first-order valence-corrected chi connectivity index (χ1v) is 7.82. The summed E-state index contributed by atoms with van der Waals surface area (Å²) >= 11 is 10.5. The first-order chi connectivity index (χ1) is 9.29. The summed E-state index contributed by atoms with van der Waals surface area (Å²) in [6.07, 6.45) is 0. The fourth-order valence-electron chi connectivity index (χ4n) is 1.60. The van der Waals surface area contributed by atoms with Crippen LogP contribution >= 0.6 is 39.1 Å². The van der Waals surface area contributed by atoms with E-state index in [2.05, 4.69) is 30.8 Å². The molecule has 0 spiro atoms. The number of anilines is 1. The Hall–Kier alpha value is -0.980. The minimum atomic E-state index is -0.245. The molecule has 106 valence electrons. The molecule has 0 saturated heterocycles. The second kappa shape index (κ2) is 5.79. The van der Waals surface area contributed by atoms with Gasteiger partial charge in [-0.15, -0.1) is 5.10 Å². The third kappa shape index (κ3) is 3.37. The average Bonchev–Trinajstić information content (AvgIpc) is 2.82. The van der Waals surface area contributed by atoms with Crippen molar-refractivity contribution < 1.29 is 4.79 Å². The predicted molar refractivity (Wildman–Crippen MR) is 85.7 cm³/mol. The highest BCUT2D eigenvalue weighted by Crippen LogP contribution is 2.29. The van der Waals surface area contributed by atoms with Crippen molar-refractivity contribution in [3.05, 3.63) is 38.3 Å². The van der Waals surface area contributed by atoms with Crippen LogP contribution in [0.5, 0.6) is 0 Å². The van der Waals surface area contributed by atoms with Crippen LogP contribution in [0.4, 0.5) is 5.69 Å². The lowest BCUT2D eigenvalue weighted by Crippen LogP contribution is -2.20. The van der Waals surface area contributed by atoms with E-state index in [1.807, 2.05) is 26.8 Å². The number of aromatic nitrogens is 2. The fourth-order valence-corrected chi connectivity index (χ4v) is 2.90. The van der Waals surface area contributed by atoms with Gasteiger partial charge in [0, 0.05) is 9.89 Å². The molecular weight excluding hydrogens is 362 g/mol. The second-order valence-electron chi connectivity index (χ2n) is 5.28. The zero-order chi connectivity index (χ0) is 14.9. The van der Waals surface area contributed by atoms with E-state index in [9.17, 15) is 4.79 Å². The van der Waals surface area contributed by atoms with E-state index in [-0.39, 0.29) is 11.3 Å². The maximum atomic E-state index is 12.4. The van der Waals surface area contributed by atoms with Crippen molar-refractivity contribution in [2.45, 2.75) is 26.2 Å². The van der Waals surface area contributed by atoms with Gasteiger partial charge in [-0.2, -0.15) is 0 Å². The van der Waals surface area contributed by atoms with Crippen LogP contribution in [-0.4, -0.2) is 15.5 Å². The normalized spacial score (nSPS) is 11.4. The van der Waals surface area contributed by atoms with Crippen LogP contribution in [0.15, 0.2) is 22.7 Å². The molecule has 2 aromatic rings. The van der Waals surface area contributed by atoms with E-state index in [1.165, 1.54) is 0 Å². The van der Waals surface area contributed by atoms with Crippen LogP contribution in [-0.2, 0) is 5.41 Å². The van der Waals surface area contributed by atoms with Gasteiger partial charge in [-0.25, -0.2) is 0 Å². The van der Waals surface area contributed by atoms with Crippen LogP contribution in [0, 0.1) is 0 Å². The number of hydrogen-bond donors (Lipinski definition) is 1. The monoisotopic (exact) mass is 373 g/mol. The number of rotatable bonds is 2. The first-order valence-electron chi connectivity index (χ1n) is 5.88. The predicted octanol–water partition coefficient (Wildman–Crippen LogP) is 4.50. The Balaban J connectivity index is 2.30. The minimum absolute atomic E-state index is 0.235. The van der Waals surface area contributed by atoms with Crippen molar-refractivity contribution in [3.63, 3.8) is 0 Å². The lowest BCUT2D eigenvalue weighted by atomic mass is 9.91. The van der Waals surface area contributed by atoms with Gasteiger partial charge in [-0.05, 0) is 29.7 Å². The molecule has 4 nitrogen and oxygen atoms in total. The lowest BCUT2D eigenvalue weighted by Gasteiger charge is -2.16. The molecule has 0 unspecified atom stereocenters. The molecule has 7 heteroatoms. The third-order valence-corrected chi connectivity index (χ3v) is 4.13. The zero-order valence-electron chi connectivity index (χ0n) is 11.2. The molecule has 1 N–H and O–H groups in total. The standard InChI is InChI=1S/C13H13BrClN3OS/c1-13(2,3)11-10(20-18-17-11)12(19)16-9-6-7(14)4-5-8(9)15/h4-6H,1-3H3,(H,16,19). The Morgan fingerprint density at radius 1 is 1.40 bits per heavy atom. The summed E-state index contributed by atoms with van der Waals surface area (Å²) in [6.45, 7) is 5.98. The Kier molecular flexibility index (Phi) is 4.46. The van der Waals surface area contributed by atoms with Crippen molar-refractivity contribution in [3.8, 4) is 0 Å². The Bertz CT molecular complexity index is 651. The summed E-state index contributed by atoms with van der Waals surface area (Å²) in [5.74, 6) is -0.245. The molecule has 0 radical (unpaired) electrons. The van der Waals surface area contributed by atoms with Crippen molar-refractivity contribution >= 4 is 50.7 Å². The van der Waals surface area contributed by atoms with Crippen LogP contribution in [0.2, 0.25) is 5.02 Å². The largest absolute Gasteiger partial charge is 0.320 e. The number of nitrogens with one attached hydrogen (secondary N) is 1. The number of nitrogens with zero attached hydrogens (tertiary/aromatic N) is 2. The summed E-state index contributed by atoms with van der Waals surface area (Å²) in [7, 11) is 0. The molecule has 1 amide bonds. The van der Waals surface area contributed by atoms with Crippen LogP contribution in [0.25, 0.3) is 0 Å². The van der Waals surface area contributed by atoms with Gasteiger partial charge in [-0.3, -0.25) is 4.79 Å². The summed E-state index contributed by atoms with van der Waals surface area (Å²) < 4.78 is 4.72.